The number of para-hydroxylation sites is 1. The minimum absolute atomic E-state index is 0.0391. The van der Waals surface area contributed by atoms with Crippen LogP contribution in [0.5, 0.6) is 0 Å². The van der Waals surface area contributed by atoms with Crippen molar-refractivity contribution in [3.63, 3.8) is 0 Å². The predicted molar refractivity (Wildman–Crippen MR) is 102 cm³/mol. The molecule has 0 aromatic heterocycles. The molecule has 0 heterocycles. The molecule has 1 amide bonds. The quantitative estimate of drug-likeness (QED) is 0.575. The average Bonchev–Trinajstić information content (AvgIpc) is 3.17. The van der Waals surface area contributed by atoms with Crippen LogP contribution in [0.1, 0.15) is 50.2 Å². The summed E-state index contributed by atoms with van der Waals surface area (Å²) in [6.45, 7) is 4.17. The maximum absolute atomic E-state index is 12.2. The Labute approximate surface area is 149 Å². The Morgan fingerprint density at radius 2 is 2.08 bits per heavy atom. The molecule has 130 valence electrons. The van der Waals surface area contributed by atoms with E-state index in [1.165, 1.54) is 31.2 Å². The van der Waals surface area contributed by atoms with E-state index in [0.717, 1.165) is 29.5 Å². The van der Waals surface area contributed by atoms with Crippen LogP contribution in [0.2, 0.25) is 0 Å². The zero-order valence-corrected chi connectivity index (χ0v) is 15.3. The molecule has 4 nitrogen and oxygen atoms in total. The number of hydrogen-bond acceptors (Lipinski definition) is 2. The van der Waals surface area contributed by atoms with E-state index in [1.807, 2.05) is 6.07 Å². The van der Waals surface area contributed by atoms with E-state index < -0.39 is 0 Å². The van der Waals surface area contributed by atoms with Gasteiger partial charge >= 0.3 is 0 Å². The lowest BCUT2D eigenvalue weighted by Crippen LogP contribution is -2.44. The number of nitrogens with one attached hydrogen (secondary N) is 3. The van der Waals surface area contributed by atoms with Crippen molar-refractivity contribution in [2.24, 2.45) is 17.8 Å². The van der Waals surface area contributed by atoms with Crippen molar-refractivity contribution in [2.45, 2.75) is 52.4 Å². The first kappa shape index (κ1) is 17.2. The molecule has 24 heavy (non-hydrogen) atoms. The van der Waals surface area contributed by atoms with Gasteiger partial charge in [-0.1, -0.05) is 31.5 Å². The number of carbonyl (C=O) groups is 1. The first-order valence-electron chi connectivity index (χ1n) is 9.01. The van der Waals surface area contributed by atoms with Crippen LogP contribution < -0.4 is 16.2 Å². The van der Waals surface area contributed by atoms with Gasteiger partial charge in [-0.25, -0.2) is 0 Å². The van der Waals surface area contributed by atoms with Crippen molar-refractivity contribution in [1.82, 2.24) is 10.9 Å². The van der Waals surface area contributed by atoms with Crippen molar-refractivity contribution in [3.8, 4) is 0 Å². The zero-order valence-electron chi connectivity index (χ0n) is 14.5. The maximum atomic E-state index is 12.2. The lowest BCUT2D eigenvalue weighted by molar-refractivity contribution is -0.122. The molecule has 2 fully saturated rings. The molecule has 0 spiro atoms. The fourth-order valence-electron chi connectivity index (χ4n) is 4.39. The third-order valence-corrected chi connectivity index (χ3v) is 5.83. The summed E-state index contributed by atoms with van der Waals surface area (Å²) in [5.41, 5.74) is 8.99. The van der Waals surface area contributed by atoms with E-state index in [4.69, 9.17) is 12.2 Å². The van der Waals surface area contributed by atoms with Crippen LogP contribution >= 0.6 is 12.2 Å². The van der Waals surface area contributed by atoms with Crippen molar-refractivity contribution in [2.75, 3.05) is 5.32 Å². The number of anilines is 1. The summed E-state index contributed by atoms with van der Waals surface area (Å²) in [4.78, 5) is 12.2. The van der Waals surface area contributed by atoms with Crippen LogP contribution in [0.4, 0.5) is 5.69 Å². The normalized spacial score (nSPS) is 24.7. The molecule has 3 rings (SSSR count). The molecule has 0 saturated heterocycles. The monoisotopic (exact) mass is 345 g/mol. The first-order valence-corrected chi connectivity index (χ1v) is 9.42. The highest BCUT2D eigenvalue weighted by Crippen LogP contribution is 2.49. The van der Waals surface area contributed by atoms with Gasteiger partial charge in [0.2, 0.25) is 5.91 Å². The summed E-state index contributed by atoms with van der Waals surface area (Å²) in [6, 6.07) is 6.19. The highest BCUT2D eigenvalue weighted by molar-refractivity contribution is 7.80. The predicted octanol–water partition coefficient (Wildman–Crippen LogP) is 3.70. The molecule has 3 atom stereocenters. The molecule has 2 aliphatic rings. The lowest BCUT2D eigenvalue weighted by atomic mass is 9.86. The molecule has 2 saturated carbocycles. The molecular formula is C19H27N3OS. The van der Waals surface area contributed by atoms with Gasteiger partial charge in [0, 0.05) is 12.1 Å². The minimum Gasteiger partial charge on any atom is -0.331 e. The van der Waals surface area contributed by atoms with Crippen molar-refractivity contribution in [1.29, 1.82) is 0 Å². The largest absolute Gasteiger partial charge is 0.331 e. The lowest BCUT2D eigenvalue weighted by Gasteiger charge is -2.21. The van der Waals surface area contributed by atoms with E-state index in [-0.39, 0.29) is 5.91 Å². The van der Waals surface area contributed by atoms with Crippen LogP contribution in [0.25, 0.3) is 0 Å². The van der Waals surface area contributed by atoms with Gasteiger partial charge in [-0.05, 0) is 73.7 Å². The van der Waals surface area contributed by atoms with Crippen LogP contribution in [-0.2, 0) is 11.2 Å². The maximum Gasteiger partial charge on any atom is 0.238 e. The van der Waals surface area contributed by atoms with Gasteiger partial charge in [-0.3, -0.25) is 15.6 Å². The van der Waals surface area contributed by atoms with Crippen LogP contribution in [0.3, 0.4) is 0 Å². The van der Waals surface area contributed by atoms with Crippen LogP contribution in [0, 0.1) is 24.7 Å². The highest BCUT2D eigenvalue weighted by Gasteiger charge is 2.40. The second kappa shape index (κ2) is 7.51. The van der Waals surface area contributed by atoms with Gasteiger partial charge in [-0.15, -0.1) is 0 Å². The van der Waals surface area contributed by atoms with Gasteiger partial charge in [-0.2, -0.15) is 0 Å². The Bertz CT molecular complexity index is 631. The third-order valence-electron chi connectivity index (χ3n) is 5.63. The molecule has 0 radical (unpaired) electrons. The fraction of sp³-hybridized carbons (Fsp3) is 0.579. The van der Waals surface area contributed by atoms with E-state index in [0.29, 0.717) is 17.5 Å². The molecule has 5 heteroatoms. The van der Waals surface area contributed by atoms with Gasteiger partial charge in [0.05, 0.1) is 0 Å². The number of thiocarbonyl (C=S) groups is 1. The average molecular weight is 346 g/mol. The van der Waals surface area contributed by atoms with Gasteiger partial charge in [0.15, 0.2) is 5.11 Å². The molecule has 2 aliphatic carbocycles. The second-order valence-electron chi connectivity index (χ2n) is 7.23. The Kier molecular flexibility index (Phi) is 5.39. The Morgan fingerprint density at radius 1 is 1.25 bits per heavy atom. The molecule has 1 aromatic rings. The molecule has 0 unspecified atom stereocenters. The molecule has 3 N–H and O–H groups in total. The number of hydrogen-bond donors (Lipinski definition) is 3. The Hall–Kier alpha value is -1.62. The van der Waals surface area contributed by atoms with E-state index >= 15 is 0 Å². The molecule has 0 aliphatic heterocycles. The fourth-order valence-corrected chi connectivity index (χ4v) is 4.54. The highest BCUT2D eigenvalue weighted by atomic mass is 32.1. The van der Waals surface area contributed by atoms with Gasteiger partial charge < -0.3 is 5.32 Å². The third kappa shape index (κ3) is 3.89. The Balaban J connectivity index is 1.46. The second-order valence-corrected chi connectivity index (χ2v) is 7.64. The SMILES string of the molecule is CCc1cccc(C)c1NC(=S)NNC(=O)C[C@H]1C[C@H]2CC[C@@H]1C2. The number of hydrazine groups is 1. The number of carbonyl (C=O) groups excluding carboxylic acids is 1. The summed E-state index contributed by atoms with van der Waals surface area (Å²) in [7, 11) is 0. The van der Waals surface area contributed by atoms with Crippen LogP contribution in [0.15, 0.2) is 18.2 Å². The number of amides is 1. The van der Waals surface area contributed by atoms with Crippen molar-refractivity contribution in [3.05, 3.63) is 29.3 Å². The summed E-state index contributed by atoms with van der Waals surface area (Å²) >= 11 is 5.32. The minimum atomic E-state index is 0.0391. The van der Waals surface area contributed by atoms with E-state index in [1.54, 1.807) is 0 Å². The molecule has 2 bridgehead atoms. The number of rotatable bonds is 4. The number of aryl methyl sites for hydroxylation is 2. The van der Waals surface area contributed by atoms with Gasteiger partial charge in [0.1, 0.15) is 0 Å². The van der Waals surface area contributed by atoms with E-state index in [2.05, 4.69) is 42.1 Å². The zero-order chi connectivity index (χ0) is 17.1. The topological polar surface area (TPSA) is 53.2 Å². The summed E-state index contributed by atoms with van der Waals surface area (Å²) in [5, 5.41) is 3.64. The molecular weight excluding hydrogens is 318 g/mol. The van der Waals surface area contributed by atoms with Crippen molar-refractivity contribution < 1.29 is 4.79 Å². The Morgan fingerprint density at radius 3 is 2.75 bits per heavy atom. The standard InChI is InChI=1S/C19H27N3OS/c1-3-14-6-4-5-12(2)18(14)20-19(24)22-21-17(23)11-16-10-13-7-8-15(16)9-13/h4-6,13,15-16H,3,7-11H2,1-2H3,(H,21,23)(H2,20,22,24)/t13-,15+,16+/m0/s1. The van der Waals surface area contributed by atoms with E-state index in [9.17, 15) is 4.79 Å². The summed E-state index contributed by atoms with van der Waals surface area (Å²) in [5.74, 6) is 2.24. The number of benzene rings is 1. The summed E-state index contributed by atoms with van der Waals surface area (Å²) < 4.78 is 0. The smallest absolute Gasteiger partial charge is 0.238 e. The van der Waals surface area contributed by atoms with Gasteiger partial charge in [0.25, 0.3) is 0 Å². The summed E-state index contributed by atoms with van der Waals surface area (Å²) in [6.07, 6.45) is 6.78. The first-order chi connectivity index (χ1) is 11.6. The van der Waals surface area contributed by atoms with Crippen molar-refractivity contribution >= 4 is 28.9 Å². The number of fused-ring (bicyclic) bond motifs is 2. The van der Waals surface area contributed by atoms with Crippen LogP contribution in [-0.4, -0.2) is 11.0 Å². The molecule has 1 aromatic carbocycles.